The second-order valence-corrected chi connectivity index (χ2v) is 6.27. The fraction of sp³-hybridized carbons (Fsp3) is 0.438. The number of benzene rings is 1. The summed E-state index contributed by atoms with van der Waals surface area (Å²) in [7, 11) is 0. The van der Waals surface area contributed by atoms with Gasteiger partial charge in [-0.2, -0.15) is 0 Å². The molecule has 0 aliphatic carbocycles. The first-order valence-corrected chi connectivity index (χ1v) is 7.73. The summed E-state index contributed by atoms with van der Waals surface area (Å²) in [5.74, 6) is 1.19. The lowest BCUT2D eigenvalue weighted by atomic mass is 9.98. The largest absolute Gasteiger partial charge is 0.367 e. The first kappa shape index (κ1) is 14.4. The summed E-state index contributed by atoms with van der Waals surface area (Å²) in [6, 6.07) is 7.62. The first-order chi connectivity index (χ1) is 10.1. The molecule has 1 saturated heterocycles. The number of rotatable bonds is 3. The number of aromatic nitrogens is 1. The van der Waals surface area contributed by atoms with Gasteiger partial charge in [0.1, 0.15) is 5.69 Å². The zero-order valence-corrected chi connectivity index (χ0v) is 12.9. The van der Waals surface area contributed by atoms with Crippen LogP contribution in [0.2, 0.25) is 5.02 Å². The summed E-state index contributed by atoms with van der Waals surface area (Å²) >= 11 is 5.94. The molecule has 0 radical (unpaired) electrons. The van der Waals surface area contributed by atoms with E-state index in [0.29, 0.717) is 10.9 Å². The number of likely N-dealkylation sites (tertiary alicyclic amines) is 1. The average molecular weight is 306 g/mol. The lowest BCUT2D eigenvalue weighted by Crippen LogP contribution is -2.32. The topological polar surface area (TPSA) is 55.3 Å². The SMILES string of the molecule is CC1CCN(Cc2noc(N)c2-c2ccc(Cl)cc2)CC1. The average Bonchev–Trinajstić information content (AvgIpc) is 2.83. The fourth-order valence-electron chi connectivity index (χ4n) is 2.80. The van der Waals surface area contributed by atoms with Crippen LogP contribution in [-0.2, 0) is 6.54 Å². The van der Waals surface area contributed by atoms with Crippen molar-refractivity contribution >= 4 is 17.5 Å². The molecule has 0 spiro atoms. The molecule has 5 heteroatoms. The van der Waals surface area contributed by atoms with Crippen molar-refractivity contribution in [3.63, 3.8) is 0 Å². The molecule has 1 aliphatic rings. The molecule has 1 fully saturated rings. The summed E-state index contributed by atoms with van der Waals surface area (Å²) in [5.41, 5.74) is 8.76. The zero-order valence-electron chi connectivity index (χ0n) is 12.2. The van der Waals surface area contributed by atoms with E-state index >= 15 is 0 Å². The lowest BCUT2D eigenvalue weighted by Gasteiger charge is -2.29. The Labute approximate surface area is 129 Å². The Bertz CT molecular complexity index is 600. The molecule has 4 nitrogen and oxygen atoms in total. The minimum absolute atomic E-state index is 0.373. The summed E-state index contributed by atoms with van der Waals surface area (Å²) in [6.07, 6.45) is 2.48. The van der Waals surface area contributed by atoms with Gasteiger partial charge in [-0.1, -0.05) is 35.8 Å². The van der Waals surface area contributed by atoms with E-state index in [1.54, 1.807) is 0 Å². The van der Waals surface area contributed by atoms with Crippen molar-refractivity contribution in [3.05, 3.63) is 35.0 Å². The number of nitrogen functional groups attached to an aromatic ring is 1. The molecule has 0 bridgehead atoms. The normalized spacial score (nSPS) is 17.2. The minimum Gasteiger partial charge on any atom is -0.367 e. The molecule has 21 heavy (non-hydrogen) atoms. The molecular weight excluding hydrogens is 286 g/mol. The Morgan fingerprint density at radius 3 is 2.62 bits per heavy atom. The summed E-state index contributed by atoms with van der Waals surface area (Å²) in [4.78, 5) is 2.41. The Kier molecular flexibility index (Phi) is 4.17. The van der Waals surface area contributed by atoms with Crippen LogP contribution in [0.15, 0.2) is 28.8 Å². The van der Waals surface area contributed by atoms with Gasteiger partial charge >= 0.3 is 0 Å². The van der Waals surface area contributed by atoms with Crippen LogP contribution in [0.3, 0.4) is 0 Å². The Hall–Kier alpha value is -1.52. The monoisotopic (exact) mass is 305 g/mol. The summed E-state index contributed by atoms with van der Waals surface area (Å²) in [6.45, 7) is 5.30. The molecule has 1 aromatic carbocycles. The van der Waals surface area contributed by atoms with Gasteiger partial charge in [0, 0.05) is 11.6 Å². The molecule has 0 unspecified atom stereocenters. The van der Waals surface area contributed by atoms with Gasteiger partial charge in [-0.05, 0) is 49.5 Å². The highest BCUT2D eigenvalue weighted by Crippen LogP contribution is 2.32. The molecule has 112 valence electrons. The molecule has 0 atom stereocenters. The third kappa shape index (κ3) is 3.22. The first-order valence-electron chi connectivity index (χ1n) is 7.36. The Balaban J connectivity index is 1.82. The maximum Gasteiger partial charge on any atom is 0.230 e. The van der Waals surface area contributed by atoms with Gasteiger partial charge in [0.25, 0.3) is 0 Å². The molecule has 1 aliphatic heterocycles. The smallest absolute Gasteiger partial charge is 0.230 e. The molecule has 0 saturated carbocycles. The molecule has 2 heterocycles. The van der Waals surface area contributed by atoms with Crippen molar-refractivity contribution in [2.24, 2.45) is 5.92 Å². The second kappa shape index (κ2) is 6.08. The maximum absolute atomic E-state index is 5.96. The van der Waals surface area contributed by atoms with Gasteiger partial charge in [0.05, 0.1) is 5.56 Å². The number of nitrogens with zero attached hydrogens (tertiary/aromatic N) is 2. The number of nitrogens with two attached hydrogens (primary N) is 1. The van der Waals surface area contributed by atoms with Crippen molar-refractivity contribution in [2.75, 3.05) is 18.8 Å². The second-order valence-electron chi connectivity index (χ2n) is 5.83. The number of halogens is 1. The van der Waals surface area contributed by atoms with Gasteiger partial charge in [0.15, 0.2) is 0 Å². The molecule has 2 N–H and O–H groups in total. The van der Waals surface area contributed by atoms with Crippen LogP contribution in [-0.4, -0.2) is 23.1 Å². The molecule has 0 amide bonds. The molecule has 2 aromatic rings. The van der Waals surface area contributed by atoms with Crippen molar-refractivity contribution in [2.45, 2.75) is 26.3 Å². The van der Waals surface area contributed by atoms with E-state index < -0.39 is 0 Å². The standard InChI is InChI=1S/C16H20ClN3O/c1-11-6-8-20(9-7-11)10-14-15(16(18)21-19-14)12-2-4-13(17)5-3-12/h2-5,11H,6-10,18H2,1H3. The van der Waals surface area contributed by atoms with Gasteiger partial charge in [-0.15, -0.1) is 0 Å². The van der Waals surface area contributed by atoms with Crippen molar-refractivity contribution in [1.82, 2.24) is 10.1 Å². The summed E-state index contributed by atoms with van der Waals surface area (Å²) < 4.78 is 5.21. The van der Waals surface area contributed by atoms with Crippen LogP contribution in [0.4, 0.5) is 5.88 Å². The van der Waals surface area contributed by atoms with E-state index in [9.17, 15) is 0 Å². The molecular formula is C16H20ClN3O. The van der Waals surface area contributed by atoms with E-state index in [2.05, 4.69) is 17.0 Å². The maximum atomic E-state index is 5.96. The van der Waals surface area contributed by atoms with E-state index in [4.69, 9.17) is 21.9 Å². The van der Waals surface area contributed by atoms with Crippen molar-refractivity contribution in [3.8, 4) is 11.1 Å². The Morgan fingerprint density at radius 1 is 1.29 bits per heavy atom. The number of anilines is 1. The van der Waals surface area contributed by atoms with Crippen molar-refractivity contribution in [1.29, 1.82) is 0 Å². The van der Waals surface area contributed by atoms with Gasteiger partial charge in [-0.25, -0.2) is 0 Å². The van der Waals surface area contributed by atoms with Crippen LogP contribution in [0, 0.1) is 5.92 Å². The highest BCUT2D eigenvalue weighted by Gasteiger charge is 2.21. The third-order valence-corrected chi connectivity index (χ3v) is 4.42. The van der Waals surface area contributed by atoms with E-state index in [1.807, 2.05) is 24.3 Å². The number of hydrogen-bond donors (Lipinski definition) is 1. The van der Waals surface area contributed by atoms with E-state index in [1.165, 1.54) is 12.8 Å². The van der Waals surface area contributed by atoms with Gasteiger partial charge < -0.3 is 10.3 Å². The van der Waals surface area contributed by atoms with Crippen LogP contribution in [0.5, 0.6) is 0 Å². The zero-order chi connectivity index (χ0) is 14.8. The molecule has 3 rings (SSSR count). The minimum atomic E-state index is 0.373. The Morgan fingerprint density at radius 2 is 1.95 bits per heavy atom. The van der Waals surface area contributed by atoms with E-state index in [0.717, 1.165) is 42.4 Å². The number of piperidine rings is 1. The summed E-state index contributed by atoms with van der Waals surface area (Å²) in [5, 5.41) is 4.86. The highest BCUT2D eigenvalue weighted by molar-refractivity contribution is 6.30. The van der Waals surface area contributed by atoms with Crippen molar-refractivity contribution < 1.29 is 4.52 Å². The predicted molar refractivity (Wildman–Crippen MR) is 85.0 cm³/mol. The van der Waals surface area contributed by atoms with Crippen LogP contribution in [0.25, 0.3) is 11.1 Å². The van der Waals surface area contributed by atoms with Crippen LogP contribution < -0.4 is 5.73 Å². The number of hydrogen-bond acceptors (Lipinski definition) is 4. The fourth-order valence-corrected chi connectivity index (χ4v) is 2.93. The predicted octanol–water partition coefficient (Wildman–Crippen LogP) is 3.81. The highest BCUT2D eigenvalue weighted by atomic mass is 35.5. The van der Waals surface area contributed by atoms with Crippen LogP contribution >= 0.6 is 11.6 Å². The lowest BCUT2D eigenvalue weighted by molar-refractivity contribution is 0.181. The van der Waals surface area contributed by atoms with Gasteiger partial charge in [-0.3, -0.25) is 4.90 Å². The third-order valence-electron chi connectivity index (χ3n) is 4.17. The van der Waals surface area contributed by atoms with E-state index in [-0.39, 0.29) is 0 Å². The van der Waals surface area contributed by atoms with Crippen LogP contribution in [0.1, 0.15) is 25.5 Å². The quantitative estimate of drug-likeness (QED) is 0.937. The van der Waals surface area contributed by atoms with Gasteiger partial charge in [0.2, 0.25) is 5.88 Å². The molecule has 1 aromatic heterocycles.